The van der Waals surface area contributed by atoms with Crippen LogP contribution in [0.5, 0.6) is 11.5 Å². The number of carbonyl (C=O) groups excluding carboxylic acids is 2. The first-order valence-corrected chi connectivity index (χ1v) is 12.6. The van der Waals surface area contributed by atoms with Gasteiger partial charge in [0, 0.05) is 24.0 Å². The zero-order valence-electron chi connectivity index (χ0n) is 22.7. The predicted octanol–water partition coefficient (Wildman–Crippen LogP) is 6.59. The normalized spacial score (nSPS) is 12.2. The maximum atomic E-state index is 11.9. The molecule has 0 aliphatic rings. The molecular formula is C28H46O6. The zero-order valence-corrected chi connectivity index (χ0v) is 22.7. The number of carbonyl (C=O) groups is 2. The molecular weight excluding hydrogens is 432 g/mol. The van der Waals surface area contributed by atoms with Crippen LogP contribution in [0, 0.1) is 0 Å². The van der Waals surface area contributed by atoms with Crippen molar-refractivity contribution in [2.24, 2.45) is 0 Å². The van der Waals surface area contributed by atoms with E-state index in [0.29, 0.717) is 32.3 Å². The van der Waals surface area contributed by atoms with Gasteiger partial charge in [-0.1, -0.05) is 27.7 Å². The molecule has 0 radical (unpaired) electrons. The van der Waals surface area contributed by atoms with Crippen molar-refractivity contribution < 1.29 is 28.9 Å². The Morgan fingerprint density at radius 2 is 1.26 bits per heavy atom. The van der Waals surface area contributed by atoms with Gasteiger partial charge in [-0.15, -0.1) is 0 Å². The van der Waals surface area contributed by atoms with Crippen LogP contribution >= 0.6 is 0 Å². The number of rotatable bonds is 14. The number of benzene rings is 1. The molecule has 1 aromatic rings. The Bertz CT molecular complexity index is 807. The molecule has 0 fully saturated rings. The summed E-state index contributed by atoms with van der Waals surface area (Å²) in [5.74, 6) is 0.588. The lowest BCUT2D eigenvalue weighted by molar-refractivity contribution is -0.148. The summed E-state index contributed by atoms with van der Waals surface area (Å²) in [5.41, 5.74) is 1.07. The SMILES string of the molecule is CCOc1cc(C(C)(C)CCCC(=O)OC(C)C)c(O)cc1C(C)(C)CCCC(=O)OC(C)C. The van der Waals surface area contributed by atoms with Gasteiger partial charge in [0.15, 0.2) is 0 Å². The first-order valence-electron chi connectivity index (χ1n) is 12.6. The fourth-order valence-corrected chi connectivity index (χ4v) is 4.18. The summed E-state index contributed by atoms with van der Waals surface area (Å²) in [7, 11) is 0. The minimum atomic E-state index is -0.350. The molecule has 0 amide bonds. The van der Waals surface area contributed by atoms with Crippen molar-refractivity contribution in [2.45, 2.75) is 124 Å². The standard InChI is InChI=1S/C28H46O6/c1-10-32-24-18-21(27(6,7)15-11-13-25(30)33-19(2)3)23(29)17-22(24)28(8,9)16-12-14-26(31)34-20(4)5/h17-20,29H,10-16H2,1-9H3. The van der Waals surface area contributed by atoms with Crippen LogP contribution in [0.1, 0.15) is 112 Å². The molecule has 34 heavy (non-hydrogen) atoms. The third-order valence-corrected chi connectivity index (χ3v) is 5.96. The molecule has 0 unspecified atom stereocenters. The molecule has 1 N–H and O–H groups in total. The first-order chi connectivity index (χ1) is 15.7. The van der Waals surface area contributed by atoms with Gasteiger partial charge in [-0.05, 0) is 83.3 Å². The van der Waals surface area contributed by atoms with E-state index in [4.69, 9.17) is 14.2 Å². The van der Waals surface area contributed by atoms with Crippen LogP contribution in [0.3, 0.4) is 0 Å². The van der Waals surface area contributed by atoms with Crippen LogP contribution < -0.4 is 4.74 Å². The average Bonchev–Trinajstić information content (AvgIpc) is 2.67. The number of phenols is 1. The van der Waals surface area contributed by atoms with Gasteiger partial charge in [0.25, 0.3) is 0 Å². The second-order valence-corrected chi connectivity index (χ2v) is 10.9. The van der Waals surface area contributed by atoms with Gasteiger partial charge >= 0.3 is 11.9 Å². The van der Waals surface area contributed by atoms with E-state index in [2.05, 4.69) is 27.7 Å². The fourth-order valence-electron chi connectivity index (χ4n) is 4.18. The number of hydrogen-bond acceptors (Lipinski definition) is 6. The summed E-state index contributed by atoms with van der Waals surface area (Å²) >= 11 is 0. The fraction of sp³-hybridized carbons (Fsp3) is 0.714. The van der Waals surface area contributed by atoms with Crippen molar-refractivity contribution in [1.82, 2.24) is 0 Å². The topological polar surface area (TPSA) is 82.1 Å². The molecule has 6 nitrogen and oxygen atoms in total. The zero-order chi connectivity index (χ0) is 26.1. The monoisotopic (exact) mass is 478 g/mol. The van der Waals surface area contributed by atoms with E-state index in [9.17, 15) is 14.7 Å². The molecule has 0 spiro atoms. The molecule has 194 valence electrons. The summed E-state index contributed by atoms with van der Waals surface area (Å²) < 4.78 is 16.5. The van der Waals surface area contributed by atoms with Crippen molar-refractivity contribution in [2.75, 3.05) is 6.61 Å². The third-order valence-electron chi connectivity index (χ3n) is 5.96. The van der Waals surface area contributed by atoms with Crippen LogP contribution in [0.15, 0.2) is 12.1 Å². The van der Waals surface area contributed by atoms with Gasteiger partial charge in [-0.2, -0.15) is 0 Å². The Morgan fingerprint density at radius 1 is 0.824 bits per heavy atom. The van der Waals surface area contributed by atoms with Crippen LogP contribution in [-0.2, 0) is 29.9 Å². The number of phenolic OH excluding ortho intramolecular Hbond substituents is 1. The number of hydrogen-bond donors (Lipinski definition) is 1. The average molecular weight is 479 g/mol. The second-order valence-electron chi connectivity index (χ2n) is 10.9. The van der Waals surface area contributed by atoms with E-state index in [1.54, 1.807) is 0 Å². The Balaban J connectivity index is 3.02. The molecule has 0 aromatic heterocycles. The van der Waals surface area contributed by atoms with Crippen molar-refractivity contribution in [3.8, 4) is 11.5 Å². The molecule has 1 aromatic carbocycles. The van der Waals surface area contributed by atoms with Crippen molar-refractivity contribution >= 4 is 11.9 Å². The van der Waals surface area contributed by atoms with Crippen molar-refractivity contribution in [3.05, 3.63) is 23.3 Å². The third kappa shape index (κ3) is 9.55. The summed E-state index contributed by atoms with van der Waals surface area (Å²) in [6, 6.07) is 3.75. The van der Waals surface area contributed by atoms with E-state index < -0.39 is 0 Å². The molecule has 0 aliphatic heterocycles. The molecule has 0 aliphatic carbocycles. The molecule has 0 saturated carbocycles. The Hall–Kier alpha value is -2.24. The highest BCUT2D eigenvalue weighted by Crippen LogP contribution is 2.44. The number of esters is 2. The lowest BCUT2D eigenvalue weighted by atomic mass is 9.75. The Labute approximate surface area is 206 Å². The quantitative estimate of drug-likeness (QED) is 0.304. The van der Waals surface area contributed by atoms with Gasteiger partial charge < -0.3 is 19.3 Å². The summed E-state index contributed by atoms with van der Waals surface area (Å²) in [5, 5.41) is 11.0. The molecule has 0 bridgehead atoms. The lowest BCUT2D eigenvalue weighted by Crippen LogP contribution is -2.22. The highest BCUT2D eigenvalue weighted by atomic mass is 16.5. The van der Waals surface area contributed by atoms with Crippen LogP contribution in [-0.4, -0.2) is 35.9 Å². The van der Waals surface area contributed by atoms with Crippen LogP contribution in [0.2, 0.25) is 0 Å². The molecule has 1 rings (SSSR count). The highest BCUT2D eigenvalue weighted by molar-refractivity contribution is 5.69. The van der Waals surface area contributed by atoms with E-state index in [0.717, 1.165) is 29.7 Å². The predicted molar refractivity (Wildman–Crippen MR) is 135 cm³/mol. The number of ether oxygens (including phenoxy) is 3. The van der Waals surface area contributed by atoms with Gasteiger partial charge in [0.2, 0.25) is 0 Å². The smallest absolute Gasteiger partial charge is 0.306 e. The Morgan fingerprint density at radius 3 is 1.68 bits per heavy atom. The van der Waals surface area contributed by atoms with E-state index in [-0.39, 0.29) is 40.7 Å². The second kappa shape index (κ2) is 13.0. The van der Waals surface area contributed by atoms with Crippen LogP contribution in [0.4, 0.5) is 0 Å². The van der Waals surface area contributed by atoms with Crippen molar-refractivity contribution in [1.29, 1.82) is 0 Å². The summed E-state index contributed by atoms with van der Waals surface area (Å²) in [6.07, 6.45) is 3.31. The van der Waals surface area contributed by atoms with Gasteiger partial charge in [-0.3, -0.25) is 9.59 Å². The van der Waals surface area contributed by atoms with Gasteiger partial charge in [-0.25, -0.2) is 0 Å². The molecule has 0 heterocycles. The first kappa shape index (κ1) is 29.8. The molecule has 0 atom stereocenters. The van der Waals surface area contributed by atoms with Crippen LogP contribution in [0.25, 0.3) is 0 Å². The summed E-state index contributed by atoms with van der Waals surface area (Å²) in [4.78, 5) is 23.8. The largest absolute Gasteiger partial charge is 0.508 e. The Kier molecular flexibility index (Phi) is 11.4. The van der Waals surface area contributed by atoms with E-state index in [1.807, 2.05) is 46.8 Å². The number of aromatic hydroxyl groups is 1. The lowest BCUT2D eigenvalue weighted by Gasteiger charge is -2.31. The van der Waals surface area contributed by atoms with Crippen molar-refractivity contribution in [3.63, 3.8) is 0 Å². The maximum Gasteiger partial charge on any atom is 0.306 e. The minimum Gasteiger partial charge on any atom is -0.508 e. The van der Waals surface area contributed by atoms with Gasteiger partial charge in [0.05, 0.1) is 18.8 Å². The van der Waals surface area contributed by atoms with E-state index >= 15 is 0 Å². The minimum absolute atomic E-state index is 0.112. The maximum absolute atomic E-state index is 11.9. The van der Waals surface area contributed by atoms with E-state index in [1.165, 1.54) is 0 Å². The highest BCUT2D eigenvalue weighted by Gasteiger charge is 2.31. The summed E-state index contributed by atoms with van der Waals surface area (Å²) in [6.45, 7) is 18.2. The molecule has 0 saturated heterocycles. The van der Waals surface area contributed by atoms with Gasteiger partial charge in [0.1, 0.15) is 11.5 Å². The molecule has 6 heteroatoms.